The largest absolute Gasteiger partial charge is 0.482 e. The first-order valence-corrected chi connectivity index (χ1v) is 13.2. The van der Waals surface area contributed by atoms with E-state index in [1.165, 1.54) is 26.8 Å². The van der Waals surface area contributed by atoms with Gasteiger partial charge in [-0.05, 0) is 44.2 Å². The Labute approximate surface area is 225 Å². The fraction of sp³-hybridized carbons (Fsp3) is 0.464. The molecule has 0 unspecified atom stereocenters. The number of benzene rings is 2. The first-order valence-electron chi connectivity index (χ1n) is 12.5. The fourth-order valence-corrected chi connectivity index (χ4v) is 7.19. The molecule has 2 aromatic rings. The summed E-state index contributed by atoms with van der Waals surface area (Å²) >= 11 is 13.2. The van der Waals surface area contributed by atoms with Crippen LogP contribution in [0.3, 0.4) is 0 Å². The summed E-state index contributed by atoms with van der Waals surface area (Å²) in [5, 5.41) is 0.580. The summed E-state index contributed by atoms with van der Waals surface area (Å²) in [6, 6.07) is 6.74. The fourth-order valence-electron chi connectivity index (χ4n) is 6.79. The molecule has 0 amide bonds. The standard InChI is InChI=1S/C28H28Cl2O7/c1-15(31)34-22-13-24(35-16(2)32)21(30)12-19(22)28-10-6-7-26(28)27(8-4-5-9-27)18-11-20(29)25(36-17(3)33)14-23(18)37-28/h11-14,26H,4-10H2,1-3H3/t26-,28-/m0/s1. The number of carbonyl (C=O) groups excluding carboxylic acids is 3. The second-order valence-corrected chi connectivity index (χ2v) is 11.0. The van der Waals surface area contributed by atoms with Crippen LogP contribution in [0, 0.1) is 5.92 Å². The maximum absolute atomic E-state index is 12.1. The molecule has 5 rings (SSSR count). The van der Waals surface area contributed by atoms with Crippen molar-refractivity contribution in [3.8, 4) is 23.0 Å². The Morgan fingerprint density at radius 1 is 0.757 bits per heavy atom. The molecule has 1 aliphatic heterocycles. The van der Waals surface area contributed by atoms with Gasteiger partial charge in [0.25, 0.3) is 0 Å². The molecular weight excluding hydrogens is 519 g/mol. The summed E-state index contributed by atoms with van der Waals surface area (Å²) in [5.41, 5.74) is 0.580. The number of rotatable bonds is 4. The van der Waals surface area contributed by atoms with Crippen molar-refractivity contribution in [3.63, 3.8) is 0 Å². The van der Waals surface area contributed by atoms with Gasteiger partial charge in [0, 0.05) is 55.4 Å². The van der Waals surface area contributed by atoms with E-state index in [0.717, 1.165) is 44.1 Å². The highest BCUT2D eigenvalue weighted by atomic mass is 35.5. The van der Waals surface area contributed by atoms with Gasteiger partial charge >= 0.3 is 17.9 Å². The Morgan fingerprint density at radius 3 is 1.89 bits per heavy atom. The highest BCUT2D eigenvalue weighted by molar-refractivity contribution is 6.32. The van der Waals surface area contributed by atoms with Gasteiger partial charge in [0.15, 0.2) is 11.5 Å². The molecule has 2 saturated carbocycles. The summed E-state index contributed by atoms with van der Waals surface area (Å²) in [7, 11) is 0. The second-order valence-electron chi connectivity index (χ2n) is 10.1. The Bertz CT molecular complexity index is 1300. The van der Waals surface area contributed by atoms with Gasteiger partial charge < -0.3 is 18.9 Å². The van der Waals surface area contributed by atoms with Crippen LogP contribution in [-0.4, -0.2) is 17.9 Å². The van der Waals surface area contributed by atoms with Crippen LogP contribution in [0.15, 0.2) is 24.3 Å². The highest BCUT2D eigenvalue weighted by Gasteiger charge is 2.62. The minimum atomic E-state index is -0.859. The molecule has 2 fully saturated rings. The van der Waals surface area contributed by atoms with Crippen molar-refractivity contribution in [2.45, 2.75) is 76.7 Å². The third-order valence-corrected chi connectivity index (χ3v) is 8.47. The van der Waals surface area contributed by atoms with Crippen molar-refractivity contribution in [1.82, 2.24) is 0 Å². The zero-order valence-corrected chi connectivity index (χ0v) is 22.5. The SMILES string of the molecule is CC(=O)Oc1cc2c(cc1Cl)C1(CCCC1)[C@@H]1CCC[C@@]1(c1cc(Cl)c(OC(C)=O)cc1OC(C)=O)O2. The van der Waals surface area contributed by atoms with Gasteiger partial charge in [0.2, 0.25) is 0 Å². The first kappa shape index (κ1) is 25.9. The van der Waals surface area contributed by atoms with Crippen molar-refractivity contribution in [3.05, 3.63) is 45.4 Å². The molecule has 0 saturated heterocycles. The molecule has 7 nitrogen and oxygen atoms in total. The van der Waals surface area contributed by atoms with Gasteiger partial charge in [0.05, 0.1) is 10.0 Å². The summed E-state index contributed by atoms with van der Waals surface area (Å²) in [6.45, 7) is 3.91. The van der Waals surface area contributed by atoms with Crippen LogP contribution in [0.25, 0.3) is 0 Å². The van der Waals surface area contributed by atoms with Crippen molar-refractivity contribution in [2.24, 2.45) is 5.92 Å². The number of ether oxygens (including phenoxy) is 4. The van der Waals surface area contributed by atoms with E-state index in [1.54, 1.807) is 12.1 Å². The zero-order valence-electron chi connectivity index (χ0n) is 21.0. The molecule has 2 atom stereocenters. The van der Waals surface area contributed by atoms with Gasteiger partial charge in [0.1, 0.15) is 17.1 Å². The van der Waals surface area contributed by atoms with Gasteiger partial charge in [-0.15, -0.1) is 0 Å². The third-order valence-electron chi connectivity index (χ3n) is 7.88. The summed E-state index contributed by atoms with van der Waals surface area (Å²) in [4.78, 5) is 35.5. The van der Waals surface area contributed by atoms with Crippen LogP contribution in [-0.2, 0) is 25.4 Å². The van der Waals surface area contributed by atoms with Crippen molar-refractivity contribution < 1.29 is 33.3 Å². The maximum Gasteiger partial charge on any atom is 0.308 e. The van der Waals surface area contributed by atoms with Crippen LogP contribution in [0.5, 0.6) is 23.0 Å². The Morgan fingerprint density at radius 2 is 1.30 bits per heavy atom. The molecule has 1 heterocycles. The molecule has 0 aromatic heterocycles. The number of esters is 3. The van der Waals surface area contributed by atoms with Crippen molar-refractivity contribution in [2.75, 3.05) is 0 Å². The molecule has 196 valence electrons. The van der Waals surface area contributed by atoms with E-state index in [2.05, 4.69) is 0 Å². The van der Waals surface area contributed by atoms with Crippen LogP contribution in [0.4, 0.5) is 0 Å². The molecule has 0 radical (unpaired) electrons. The van der Waals surface area contributed by atoms with E-state index >= 15 is 0 Å². The second kappa shape index (κ2) is 9.52. The number of hydrogen-bond donors (Lipinski definition) is 0. The molecule has 2 aromatic carbocycles. The number of carbonyl (C=O) groups is 3. The van der Waals surface area contributed by atoms with E-state index < -0.39 is 23.5 Å². The van der Waals surface area contributed by atoms with Gasteiger partial charge in [-0.2, -0.15) is 0 Å². The van der Waals surface area contributed by atoms with E-state index in [9.17, 15) is 14.4 Å². The van der Waals surface area contributed by atoms with Crippen molar-refractivity contribution >= 4 is 41.1 Å². The molecule has 9 heteroatoms. The predicted molar refractivity (Wildman–Crippen MR) is 137 cm³/mol. The number of fused-ring (bicyclic) bond motifs is 4. The highest BCUT2D eigenvalue weighted by Crippen LogP contribution is 2.66. The van der Waals surface area contributed by atoms with Crippen LogP contribution in [0.2, 0.25) is 10.0 Å². The smallest absolute Gasteiger partial charge is 0.308 e. The Hall–Kier alpha value is -2.77. The van der Waals surface area contributed by atoms with E-state index in [1.807, 2.05) is 6.07 Å². The first-order chi connectivity index (χ1) is 17.6. The average molecular weight is 547 g/mol. The third kappa shape index (κ3) is 4.36. The molecule has 3 aliphatic rings. The predicted octanol–water partition coefficient (Wildman–Crippen LogP) is 6.67. The minimum Gasteiger partial charge on any atom is -0.482 e. The topological polar surface area (TPSA) is 88.1 Å². The lowest BCUT2D eigenvalue weighted by Crippen LogP contribution is -2.51. The van der Waals surface area contributed by atoms with E-state index in [-0.39, 0.29) is 33.6 Å². The van der Waals surface area contributed by atoms with E-state index in [0.29, 0.717) is 22.8 Å². The normalized spacial score (nSPS) is 23.1. The van der Waals surface area contributed by atoms with Crippen LogP contribution >= 0.6 is 23.2 Å². The Balaban J connectivity index is 1.73. The maximum atomic E-state index is 12.1. The lowest BCUT2D eigenvalue weighted by Gasteiger charge is -2.52. The molecular formula is C28H28Cl2O7. The quantitative estimate of drug-likeness (QED) is 0.312. The lowest BCUT2D eigenvalue weighted by molar-refractivity contribution is -0.133. The molecule has 37 heavy (non-hydrogen) atoms. The van der Waals surface area contributed by atoms with Crippen LogP contribution in [0.1, 0.15) is 76.8 Å². The number of halogens is 2. The zero-order chi connectivity index (χ0) is 26.5. The van der Waals surface area contributed by atoms with Gasteiger partial charge in [-0.25, -0.2) is 0 Å². The number of hydrogen-bond acceptors (Lipinski definition) is 7. The van der Waals surface area contributed by atoms with Crippen LogP contribution < -0.4 is 18.9 Å². The molecule has 2 aliphatic carbocycles. The molecule has 0 bridgehead atoms. The minimum absolute atomic E-state index is 0.0654. The van der Waals surface area contributed by atoms with Gasteiger partial charge in [-0.1, -0.05) is 36.0 Å². The van der Waals surface area contributed by atoms with Crippen molar-refractivity contribution in [1.29, 1.82) is 0 Å². The summed E-state index contributed by atoms with van der Waals surface area (Å²) in [6.07, 6.45) is 6.53. The average Bonchev–Trinajstić information content (AvgIpc) is 3.45. The molecule has 1 spiro atoms. The molecule has 0 N–H and O–H groups in total. The van der Waals surface area contributed by atoms with Gasteiger partial charge in [-0.3, -0.25) is 14.4 Å². The summed E-state index contributed by atoms with van der Waals surface area (Å²) < 4.78 is 23.2. The van der Waals surface area contributed by atoms with E-state index in [4.69, 9.17) is 42.1 Å². The Kier molecular flexibility index (Phi) is 6.65. The summed E-state index contributed by atoms with van der Waals surface area (Å²) in [5.74, 6) is -0.295. The monoisotopic (exact) mass is 546 g/mol. The lowest BCUT2D eigenvalue weighted by atomic mass is 9.60.